The number of amides is 2. The molecule has 23 heavy (non-hydrogen) atoms. The normalized spacial score (nSPS) is 16.7. The van der Waals surface area contributed by atoms with Gasteiger partial charge in [0.2, 0.25) is 5.91 Å². The smallest absolute Gasteiger partial charge is 0.258 e. The summed E-state index contributed by atoms with van der Waals surface area (Å²) < 4.78 is 1.54. The molecular weight excluding hydrogens is 339 g/mol. The summed E-state index contributed by atoms with van der Waals surface area (Å²) in [6.45, 7) is 1.82. The van der Waals surface area contributed by atoms with Crippen molar-refractivity contribution in [3.05, 3.63) is 39.4 Å². The van der Waals surface area contributed by atoms with Crippen molar-refractivity contribution in [2.24, 2.45) is 13.0 Å². The van der Waals surface area contributed by atoms with Crippen LogP contribution in [0.1, 0.15) is 22.8 Å². The molecular formula is C15H14Cl2N4O2. The maximum atomic E-state index is 12.4. The first-order valence-corrected chi connectivity index (χ1v) is 7.75. The molecule has 0 bridgehead atoms. The van der Waals surface area contributed by atoms with Crippen LogP contribution in [-0.2, 0) is 18.3 Å². The minimum Gasteiger partial charge on any atom is -0.310 e. The van der Waals surface area contributed by atoms with Crippen LogP contribution >= 0.6 is 23.2 Å². The van der Waals surface area contributed by atoms with Crippen molar-refractivity contribution in [2.45, 2.75) is 13.3 Å². The standard InChI is InChI=1S/C15H14Cl2N4O2/c1-7-5-10-12(20-21(2)13(10)19-14(7)22)18-15(23)9-6-8(16)3-4-11(9)17/h3-4,6-7H,5H2,1-2H3,(H,19,22)(H,18,20,23)/t7-/m0/s1. The van der Waals surface area contributed by atoms with Gasteiger partial charge in [0, 0.05) is 23.6 Å². The second-order valence-electron chi connectivity index (χ2n) is 5.47. The van der Waals surface area contributed by atoms with Crippen LogP contribution in [0.2, 0.25) is 10.0 Å². The summed E-state index contributed by atoms with van der Waals surface area (Å²) in [5.41, 5.74) is 1.07. The average molecular weight is 353 g/mol. The van der Waals surface area contributed by atoms with Crippen LogP contribution in [-0.4, -0.2) is 21.6 Å². The second-order valence-corrected chi connectivity index (χ2v) is 6.32. The minimum atomic E-state index is -0.400. The predicted octanol–water partition coefficient (Wildman–Crippen LogP) is 3.11. The summed E-state index contributed by atoms with van der Waals surface area (Å²) in [4.78, 5) is 24.2. The van der Waals surface area contributed by atoms with Gasteiger partial charge in [-0.2, -0.15) is 5.10 Å². The van der Waals surface area contributed by atoms with Crippen molar-refractivity contribution in [3.8, 4) is 0 Å². The highest BCUT2D eigenvalue weighted by atomic mass is 35.5. The Morgan fingerprint density at radius 1 is 1.43 bits per heavy atom. The molecule has 120 valence electrons. The maximum Gasteiger partial charge on any atom is 0.258 e. The van der Waals surface area contributed by atoms with Crippen molar-refractivity contribution in [3.63, 3.8) is 0 Å². The van der Waals surface area contributed by atoms with Crippen molar-refractivity contribution in [1.82, 2.24) is 9.78 Å². The highest BCUT2D eigenvalue weighted by Crippen LogP contribution is 2.31. The molecule has 2 aromatic rings. The largest absolute Gasteiger partial charge is 0.310 e. The summed E-state index contributed by atoms with van der Waals surface area (Å²) in [5.74, 6) is 0.368. The van der Waals surface area contributed by atoms with Gasteiger partial charge in [0.05, 0.1) is 10.6 Å². The van der Waals surface area contributed by atoms with Crippen LogP contribution in [0.3, 0.4) is 0 Å². The van der Waals surface area contributed by atoms with Crippen molar-refractivity contribution in [2.75, 3.05) is 10.6 Å². The van der Waals surface area contributed by atoms with E-state index in [2.05, 4.69) is 15.7 Å². The highest BCUT2D eigenvalue weighted by molar-refractivity contribution is 6.36. The fourth-order valence-corrected chi connectivity index (χ4v) is 2.88. The van der Waals surface area contributed by atoms with Gasteiger partial charge in [-0.25, -0.2) is 0 Å². The number of aryl methyl sites for hydroxylation is 1. The van der Waals surface area contributed by atoms with Gasteiger partial charge in [0.1, 0.15) is 5.82 Å². The number of benzene rings is 1. The molecule has 8 heteroatoms. The summed E-state index contributed by atoms with van der Waals surface area (Å²) in [7, 11) is 1.71. The molecule has 0 fully saturated rings. The van der Waals surface area contributed by atoms with Crippen LogP contribution in [0.5, 0.6) is 0 Å². The Kier molecular flexibility index (Phi) is 4.04. The van der Waals surface area contributed by atoms with E-state index in [0.29, 0.717) is 28.1 Å². The molecule has 3 rings (SSSR count). The third-order valence-corrected chi connectivity index (χ3v) is 4.31. The lowest BCUT2D eigenvalue weighted by Gasteiger charge is -2.19. The lowest BCUT2D eigenvalue weighted by atomic mass is 9.98. The first kappa shape index (κ1) is 15.8. The quantitative estimate of drug-likeness (QED) is 0.871. The molecule has 0 spiro atoms. The summed E-state index contributed by atoms with van der Waals surface area (Å²) in [6.07, 6.45) is 0.508. The fourth-order valence-electron chi connectivity index (χ4n) is 2.50. The van der Waals surface area contributed by atoms with Crippen molar-refractivity contribution in [1.29, 1.82) is 0 Å². The molecule has 1 aliphatic rings. The number of aromatic nitrogens is 2. The van der Waals surface area contributed by atoms with E-state index in [0.717, 1.165) is 5.56 Å². The first-order valence-electron chi connectivity index (χ1n) is 7.00. The molecule has 0 radical (unpaired) electrons. The molecule has 1 aliphatic heterocycles. The van der Waals surface area contributed by atoms with Gasteiger partial charge in [-0.1, -0.05) is 30.1 Å². The van der Waals surface area contributed by atoms with E-state index in [9.17, 15) is 9.59 Å². The van der Waals surface area contributed by atoms with Crippen LogP contribution in [0, 0.1) is 5.92 Å². The van der Waals surface area contributed by atoms with Gasteiger partial charge in [-0.15, -0.1) is 0 Å². The number of rotatable bonds is 2. The number of anilines is 2. The van der Waals surface area contributed by atoms with Crippen LogP contribution in [0.25, 0.3) is 0 Å². The maximum absolute atomic E-state index is 12.4. The second kappa shape index (κ2) is 5.86. The van der Waals surface area contributed by atoms with E-state index in [-0.39, 0.29) is 17.4 Å². The van der Waals surface area contributed by atoms with Crippen LogP contribution in [0.4, 0.5) is 11.6 Å². The van der Waals surface area contributed by atoms with E-state index in [4.69, 9.17) is 23.2 Å². The zero-order chi connectivity index (χ0) is 16.7. The molecule has 0 aliphatic carbocycles. The molecule has 2 heterocycles. The SMILES string of the molecule is C[C@H]1Cc2c(NC(=O)c3cc(Cl)ccc3Cl)nn(C)c2NC1=O. The Bertz CT molecular complexity index is 816. The molecule has 6 nitrogen and oxygen atoms in total. The average Bonchev–Trinajstić information content (AvgIpc) is 2.78. The number of halogens is 2. The topological polar surface area (TPSA) is 76.0 Å². The molecule has 1 aromatic heterocycles. The van der Waals surface area contributed by atoms with Crippen molar-refractivity contribution >= 4 is 46.7 Å². The first-order chi connectivity index (χ1) is 10.9. The Morgan fingerprint density at radius 2 is 2.17 bits per heavy atom. The third-order valence-electron chi connectivity index (χ3n) is 3.75. The Morgan fingerprint density at radius 3 is 2.91 bits per heavy atom. The van der Waals surface area contributed by atoms with Gasteiger partial charge in [0.25, 0.3) is 5.91 Å². The molecule has 2 amide bonds. The van der Waals surface area contributed by atoms with Crippen molar-refractivity contribution < 1.29 is 9.59 Å². The van der Waals surface area contributed by atoms with Crippen LogP contribution in [0.15, 0.2) is 18.2 Å². The summed E-state index contributed by atoms with van der Waals surface area (Å²) in [6, 6.07) is 4.68. The molecule has 0 unspecified atom stereocenters. The molecule has 0 saturated carbocycles. The summed E-state index contributed by atoms with van der Waals surface area (Å²) >= 11 is 12.0. The number of nitrogens with zero attached hydrogens (tertiary/aromatic N) is 2. The van der Waals surface area contributed by atoms with E-state index in [1.54, 1.807) is 19.2 Å². The lowest BCUT2D eigenvalue weighted by molar-refractivity contribution is -0.119. The number of nitrogens with one attached hydrogen (secondary N) is 2. The van der Waals surface area contributed by atoms with E-state index in [1.165, 1.54) is 10.7 Å². The van der Waals surface area contributed by atoms with Gasteiger partial charge < -0.3 is 10.6 Å². The van der Waals surface area contributed by atoms with Gasteiger partial charge in [0.15, 0.2) is 5.82 Å². The number of carbonyl (C=O) groups excluding carboxylic acids is 2. The van der Waals surface area contributed by atoms with Gasteiger partial charge >= 0.3 is 0 Å². The van der Waals surface area contributed by atoms with E-state index >= 15 is 0 Å². The van der Waals surface area contributed by atoms with E-state index in [1.807, 2.05) is 6.92 Å². The molecule has 1 atom stereocenters. The number of hydrogen-bond acceptors (Lipinski definition) is 3. The number of fused-ring (bicyclic) bond motifs is 1. The third kappa shape index (κ3) is 2.92. The predicted molar refractivity (Wildman–Crippen MR) is 89.1 cm³/mol. The minimum absolute atomic E-state index is 0.0590. The fraction of sp³-hybridized carbons (Fsp3) is 0.267. The summed E-state index contributed by atoms with van der Waals surface area (Å²) in [5, 5.41) is 10.5. The zero-order valence-corrected chi connectivity index (χ0v) is 14.0. The lowest BCUT2D eigenvalue weighted by Crippen LogP contribution is -2.28. The molecule has 0 saturated heterocycles. The Labute approximate surface area is 142 Å². The molecule has 2 N–H and O–H groups in total. The number of hydrogen-bond donors (Lipinski definition) is 2. The highest BCUT2D eigenvalue weighted by Gasteiger charge is 2.29. The van der Waals surface area contributed by atoms with Gasteiger partial charge in [-0.3, -0.25) is 14.3 Å². The monoisotopic (exact) mass is 352 g/mol. The van der Waals surface area contributed by atoms with Crippen LogP contribution < -0.4 is 10.6 Å². The Balaban J connectivity index is 1.92. The number of carbonyl (C=O) groups is 2. The Hall–Kier alpha value is -2.05. The van der Waals surface area contributed by atoms with E-state index < -0.39 is 5.91 Å². The van der Waals surface area contributed by atoms with Gasteiger partial charge in [-0.05, 0) is 24.6 Å². The zero-order valence-electron chi connectivity index (χ0n) is 12.5. The molecule has 1 aromatic carbocycles.